The van der Waals surface area contributed by atoms with E-state index >= 15 is 0 Å². The number of esters is 2. The van der Waals surface area contributed by atoms with E-state index in [2.05, 4.69) is 4.90 Å². The van der Waals surface area contributed by atoms with Crippen LogP contribution in [0.5, 0.6) is 0 Å². The van der Waals surface area contributed by atoms with E-state index in [1.807, 2.05) is 0 Å². The third-order valence-corrected chi connectivity index (χ3v) is 3.22. The molecule has 1 aliphatic heterocycles. The van der Waals surface area contributed by atoms with Gasteiger partial charge in [0.15, 0.2) is 0 Å². The molecule has 0 aliphatic carbocycles. The van der Waals surface area contributed by atoms with Crippen molar-refractivity contribution in [3.05, 3.63) is 0 Å². The molecule has 1 heterocycles. The van der Waals surface area contributed by atoms with Crippen LogP contribution in [-0.2, 0) is 19.1 Å². The lowest BCUT2D eigenvalue weighted by Crippen LogP contribution is -2.45. The molecule has 0 radical (unpaired) electrons. The molecule has 0 N–H and O–H groups in total. The Bertz CT molecular complexity index is 280. The minimum Gasteiger partial charge on any atom is -0.468 e. The van der Waals surface area contributed by atoms with Crippen LogP contribution in [0.1, 0.15) is 39.0 Å². The largest absolute Gasteiger partial charge is 0.468 e. The molecule has 0 amide bonds. The fraction of sp³-hybridized carbons (Fsp3) is 0.846. The second-order valence-corrected chi connectivity index (χ2v) is 4.48. The number of hydrogen-bond acceptors (Lipinski definition) is 5. The molecule has 0 spiro atoms. The Hall–Kier alpha value is -1.10. The van der Waals surface area contributed by atoms with Crippen molar-refractivity contribution in [2.75, 3.05) is 26.8 Å². The minimum atomic E-state index is -0.163. The van der Waals surface area contributed by atoms with Crippen LogP contribution in [0.2, 0.25) is 0 Å². The van der Waals surface area contributed by atoms with E-state index in [9.17, 15) is 9.59 Å². The molecule has 5 heteroatoms. The van der Waals surface area contributed by atoms with Gasteiger partial charge in [0, 0.05) is 6.42 Å². The molecular weight excluding hydrogens is 234 g/mol. The zero-order valence-electron chi connectivity index (χ0n) is 11.3. The highest BCUT2D eigenvalue weighted by atomic mass is 16.5. The van der Waals surface area contributed by atoms with Gasteiger partial charge in [-0.15, -0.1) is 0 Å². The van der Waals surface area contributed by atoms with Crippen molar-refractivity contribution in [2.24, 2.45) is 0 Å². The van der Waals surface area contributed by atoms with Crippen molar-refractivity contribution in [3.8, 4) is 0 Å². The van der Waals surface area contributed by atoms with Gasteiger partial charge in [-0.1, -0.05) is 6.42 Å². The zero-order chi connectivity index (χ0) is 13.4. The molecule has 5 nitrogen and oxygen atoms in total. The van der Waals surface area contributed by atoms with E-state index in [1.165, 1.54) is 7.11 Å². The van der Waals surface area contributed by atoms with Crippen molar-refractivity contribution in [2.45, 2.75) is 45.1 Å². The van der Waals surface area contributed by atoms with E-state index in [-0.39, 0.29) is 18.0 Å². The molecule has 1 rings (SSSR count). The third kappa shape index (κ3) is 4.64. The maximum absolute atomic E-state index is 11.6. The molecule has 1 saturated heterocycles. The van der Waals surface area contributed by atoms with Crippen LogP contribution in [0.3, 0.4) is 0 Å². The van der Waals surface area contributed by atoms with Crippen molar-refractivity contribution in [1.82, 2.24) is 4.90 Å². The summed E-state index contributed by atoms with van der Waals surface area (Å²) in [4.78, 5) is 25.0. The fourth-order valence-corrected chi connectivity index (χ4v) is 2.32. The summed E-state index contributed by atoms with van der Waals surface area (Å²) in [5, 5.41) is 0. The predicted molar refractivity (Wildman–Crippen MR) is 67.1 cm³/mol. The molecule has 0 bridgehead atoms. The van der Waals surface area contributed by atoms with Crippen LogP contribution in [-0.4, -0.2) is 49.7 Å². The number of carbonyl (C=O) groups is 2. The maximum Gasteiger partial charge on any atom is 0.323 e. The van der Waals surface area contributed by atoms with Gasteiger partial charge in [-0.3, -0.25) is 14.5 Å². The van der Waals surface area contributed by atoms with E-state index in [0.717, 1.165) is 38.8 Å². The van der Waals surface area contributed by atoms with Crippen LogP contribution in [0.25, 0.3) is 0 Å². The van der Waals surface area contributed by atoms with E-state index in [1.54, 1.807) is 6.92 Å². The molecule has 0 aromatic carbocycles. The molecule has 104 valence electrons. The predicted octanol–water partition coefficient (Wildman–Crippen LogP) is 1.36. The van der Waals surface area contributed by atoms with Gasteiger partial charge in [-0.05, 0) is 39.3 Å². The van der Waals surface area contributed by atoms with Gasteiger partial charge in [-0.2, -0.15) is 0 Å². The summed E-state index contributed by atoms with van der Waals surface area (Å²) < 4.78 is 9.69. The van der Waals surface area contributed by atoms with Gasteiger partial charge >= 0.3 is 11.9 Å². The second-order valence-electron chi connectivity index (χ2n) is 4.48. The summed E-state index contributed by atoms with van der Waals surface area (Å²) in [6.45, 7) is 3.88. The second kappa shape index (κ2) is 8.08. The number of methoxy groups -OCH3 is 1. The van der Waals surface area contributed by atoms with Crippen molar-refractivity contribution >= 4 is 11.9 Å². The van der Waals surface area contributed by atoms with Crippen LogP contribution in [0.15, 0.2) is 0 Å². The van der Waals surface area contributed by atoms with Gasteiger partial charge in [0.25, 0.3) is 0 Å². The molecule has 0 aromatic heterocycles. The van der Waals surface area contributed by atoms with Crippen LogP contribution < -0.4 is 0 Å². The minimum absolute atomic E-state index is 0.133. The standard InChI is InChI=1S/C13H23NO4/c1-3-18-12(15)8-6-10-14-9-5-4-7-11(14)13(16)17-2/h11H,3-10H2,1-2H3. The number of rotatable bonds is 6. The maximum atomic E-state index is 11.6. The summed E-state index contributed by atoms with van der Waals surface area (Å²) in [5.41, 5.74) is 0. The summed E-state index contributed by atoms with van der Waals surface area (Å²) in [6.07, 6.45) is 4.16. The molecule has 1 unspecified atom stereocenters. The number of likely N-dealkylation sites (tertiary alicyclic amines) is 1. The molecule has 1 atom stereocenters. The van der Waals surface area contributed by atoms with Crippen LogP contribution >= 0.6 is 0 Å². The number of nitrogens with zero attached hydrogens (tertiary/aromatic N) is 1. The average Bonchev–Trinajstić information content (AvgIpc) is 2.39. The highest BCUT2D eigenvalue weighted by molar-refractivity contribution is 5.75. The summed E-state index contributed by atoms with van der Waals surface area (Å²) >= 11 is 0. The Labute approximate surface area is 108 Å². The van der Waals surface area contributed by atoms with Gasteiger partial charge in [-0.25, -0.2) is 0 Å². The van der Waals surface area contributed by atoms with Crippen molar-refractivity contribution in [3.63, 3.8) is 0 Å². The average molecular weight is 257 g/mol. The Morgan fingerprint density at radius 3 is 2.78 bits per heavy atom. The Morgan fingerprint density at radius 2 is 2.11 bits per heavy atom. The first-order valence-electron chi connectivity index (χ1n) is 6.66. The first-order chi connectivity index (χ1) is 8.69. The summed E-state index contributed by atoms with van der Waals surface area (Å²) in [5.74, 6) is -0.324. The fourth-order valence-electron chi connectivity index (χ4n) is 2.32. The normalized spacial score (nSPS) is 20.4. The lowest BCUT2D eigenvalue weighted by atomic mass is 10.0. The molecule has 0 saturated carbocycles. The smallest absolute Gasteiger partial charge is 0.323 e. The molecule has 1 aliphatic rings. The van der Waals surface area contributed by atoms with E-state index in [4.69, 9.17) is 9.47 Å². The Kier molecular flexibility index (Phi) is 6.72. The lowest BCUT2D eigenvalue weighted by Gasteiger charge is -2.33. The SMILES string of the molecule is CCOC(=O)CCCN1CCCCC1C(=O)OC. The first-order valence-corrected chi connectivity index (χ1v) is 6.66. The van der Waals surface area contributed by atoms with Crippen LogP contribution in [0, 0.1) is 0 Å². The molecular formula is C13H23NO4. The Morgan fingerprint density at radius 1 is 1.33 bits per heavy atom. The number of carbonyl (C=O) groups excluding carboxylic acids is 2. The monoisotopic (exact) mass is 257 g/mol. The van der Waals surface area contributed by atoms with Crippen LogP contribution in [0.4, 0.5) is 0 Å². The quantitative estimate of drug-likeness (QED) is 0.672. The van der Waals surface area contributed by atoms with Gasteiger partial charge in [0.1, 0.15) is 6.04 Å². The van der Waals surface area contributed by atoms with Crippen molar-refractivity contribution < 1.29 is 19.1 Å². The third-order valence-electron chi connectivity index (χ3n) is 3.22. The number of piperidine rings is 1. The highest BCUT2D eigenvalue weighted by Crippen LogP contribution is 2.18. The lowest BCUT2D eigenvalue weighted by molar-refractivity contribution is -0.148. The zero-order valence-corrected chi connectivity index (χ0v) is 11.3. The topological polar surface area (TPSA) is 55.8 Å². The van der Waals surface area contributed by atoms with Gasteiger partial charge in [0.05, 0.1) is 13.7 Å². The molecule has 0 aromatic rings. The molecule has 1 fully saturated rings. The van der Waals surface area contributed by atoms with E-state index < -0.39 is 0 Å². The summed E-state index contributed by atoms with van der Waals surface area (Å²) in [7, 11) is 1.42. The summed E-state index contributed by atoms with van der Waals surface area (Å²) in [6, 6.07) is -0.133. The molecule has 18 heavy (non-hydrogen) atoms. The van der Waals surface area contributed by atoms with Crippen molar-refractivity contribution in [1.29, 1.82) is 0 Å². The van der Waals surface area contributed by atoms with Gasteiger partial charge < -0.3 is 9.47 Å². The van der Waals surface area contributed by atoms with Gasteiger partial charge in [0.2, 0.25) is 0 Å². The number of hydrogen-bond donors (Lipinski definition) is 0. The van der Waals surface area contributed by atoms with E-state index in [0.29, 0.717) is 13.0 Å². The Balaban J connectivity index is 2.33. The first kappa shape index (κ1) is 15.0. The number of ether oxygens (including phenoxy) is 2. The highest BCUT2D eigenvalue weighted by Gasteiger charge is 2.28.